The zero-order chi connectivity index (χ0) is 14.1. The second-order valence-electron chi connectivity index (χ2n) is 4.72. The molecule has 3 rings (SSSR count). The van der Waals surface area contributed by atoms with Crippen LogP contribution in [0.1, 0.15) is 0 Å². The monoisotopic (exact) mass is 268 g/mol. The van der Waals surface area contributed by atoms with Gasteiger partial charge in [0.1, 0.15) is 23.5 Å². The molecular weight excluding hydrogens is 252 g/mol. The largest absolute Gasteiger partial charge is 0.496 e. The normalized spacial score (nSPS) is 10.8. The molecule has 0 spiro atoms. The molecule has 0 saturated carbocycles. The summed E-state index contributed by atoms with van der Waals surface area (Å²) < 4.78 is 5.45. The molecule has 0 saturated heterocycles. The van der Waals surface area contributed by atoms with Crippen LogP contribution < -0.4 is 9.64 Å². The lowest BCUT2D eigenvalue weighted by Crippen LogP contribution is -2.11. The van der Waals surface area contributed by atoms with Crippen LogP contribution in [0.2, 0.25) is 0 Å². The van der Waals surface area contributed by atoms with Crippen molar-refractivity contribution in [2.75, 3.05) is 26.1 Å². The van der Waals surface area contributed by atoms with Gasteiger partial charge in [0, 0.05) is 31.4 Å². The molecule has 2 aromatic heterocycles. The van der Waals surface area contributed by atoms with Gasteiger partial charge >= 0.3 is 0 Å². The lowest BCUT2D eigenvalue weighted by Gasteiger charge is -2.13. The van der Waals surface area contributed by atoms with Gasteiger partial charge in [-0.3, -0.25) is 0 Å². The van der Waals surface area contributed by atoms with E-state index >= 15 is 0 Å². The number of nitrogens with zero attached hydrogens (tertiary/aromatic N) is 3. The van der Waals surface area contributed by atoms with Gasteiger partial charge in [-0.05, 0) is 6.07 Å². The van der Waals surface area contributed by atoms with Gasteiger partial charge in [-0.2, -0.15) is 0 Å². The van der Waals surface area contributed by atoms with Gasteiger partial charge in [-0.15, -0.1) is 0 Å². The van der Waals surface area contributed by atoms with Crippen LogP contribution in [-0.4, -0.2) is 36.2 Å². The highest BCUT2D eigenvalue weighted by Gasteiger charge is 2.16. The molecule has 5 heteroatoms. The van der Waals surface area contributed by atoms with Gasteiger partial charge in [0.25, 0.3) is 0 Å². The predicted molar refractivity (Wildman–Crippen MR) is 80.2 cm³/mol. The number of hydrogen-bond acceptors (Lipinski definition) is 4. The van der Waals surface area contributed by atoms with E-state index in [2.05, 4.69) is 15.0 Å². The third-order valence-corrected chi connectivity index (χ3v) is 3.27. The summed E-state index contributed by atoms with van der Waals surface area (Å²) >= 11 is 0. The summed E-state index contributed by atoms with van der Waals surface area (Å²) in [6, 6.07) is 7.94. The maximum absolute atomic E-state index is 5.45. The molecule has 0 aliphatic carbocycles. The van der Waals surface area contributed by atoms with Crippen molar-refractivity contribution in [1.29, 1.82) is 0 Å². The van der Waals surface area contributed by atoms with Crippen molar-refractivity contribution in [3.8, 4) is 16.9 Å². The third kappa shape index (κ3) is 1.87. The minimum atomic E-state index is 0.824. The lowest BCUT2D eigenvalue weighted by molar-refractivity contribution is 0.416. The number of ether oxygens (including phenoxy) is 1. The van der Waals surface area contributed by atoms with E-state index in [0.717, 1.165) is 33.7 Å². The van der Waals surface area contributed by atoms with Crippen LogP contribution in [0.25, 0.3) is 22.2 Å². The highest BCUT2D eigenvalue weighted by molar-refractivity contribution is 6.02. The second kappa shape index (κ2) is 4.85. The van der Waals surface area contributed by atoms with Gasteiger partial charge in [-0.1, -0.05) is 18.2 Å². The number of aromatic amines is 1. The fourth-order valence-electron chi connectivity index (χ4n) is 2.37. The molecule has 2 heterocycles. The van der Waals surface area contributed by atoms with Crippen LogP contribution in [0, 0.1) is 0 Å². The molecule has 3 aromatic rings. The summed E-state index contributed by atoms with van der Waals surface area (Å²) in [5, 5.41) is 1.00. The SMILES string of the molecule is COc1ccccc1-c1c[nH]c2ncnc(N(C)C)c12. The number of aromatic nitrogens is 3. The zero-order valence-electron chi connectivity index (χ0n) is 11.7. The molecule has 5 nitrogen and oxygen atoms in total. The molecule has 1 aromatic carbocycles. The van der Waals surface area contributed by atoms with Crippen molar-refractivity contribution in [3.05, 3.63) is 36.8 Å². The Kier molecular flexibility index (Phi) is 3.02. The number of rotatable bonds is 3. The number of nitrogens with one attached hydrogen (secondary N) is 1. The van der Waals surface area contributed by atoms with E-state index in [0.29, 0.717) is 0 Å². The molecule has 102 valence electrons. The van der Waals surface area contributed by atoms with E-state index < -0.39 is 0 Å². The summed E-state index contributed by atoms with van der Waals surface area (Å²) in [7, 11) is 5.62. The first kappa shape index (κ1) is 12.5. The summed E-state index contributed by atoms with van der Waals surface area (Å²) in [4.78, 5) is 13.8. The van der Waals surface area contributed by atoms with Crippen LogP contribution >= 0.6 is 0 Å². The van der Waals surface area contributed by atoms with E-state index in [1.807, 2.05) is 49.5 Å². The lowest BCUT2D eigenvalue weighted by atomic mass is 10.0. The molecule has 0 aliphatic rings. The van der Waals surface area contributed by atoms with Crippen molar-refractivity contribution in [1.82, 2.24) is 15.0 Å². The van der Waals surface area contributed by atoms with Gasteiger partial charge in [0.15, 0.2) is 0 Å². The Labute approximate surface area is 117 Å². The summed E-state index contributed by atoms with van der Waals surface area (Å²) in [5.74, 6) is 1.72. The van der Waals surface area contributed by atoms with Crippen LogP contribution in [-0.2, 0) is 0 Å². The Bertz CT molecular complexity index is 748. The van der Waals surface area contributed by atoms with Gasteiger partial charge in [-0.25, -0.2) is 9.97 Å². The van der Waals surface area contributed by atoms with Crippen LogP contribution in [0.15, 0.2) is 36.8 Å². The van der Waals surface area contributed by atoms with Crippen molar-refractivity contribution < 1.29 is 4.74 Å². The first-order chi connectivity index (χ1) is 9.72. The Morgan fingerprint density at radius 2 is 1.90 bits per heavy atom. The van der Waals surface area contributed by atoms with E-state index in [9.17, 15) is 0 Å². The smallest absolute Gasteiger partial charge is 0.143 e. The quantitative estimate of drug-likeness (QED) is 0.793. The predicted octanol–water partition coefficient (Wildman–Crippen LogP) is 2.70. The fourth-order valence-corrected chi connectivity index (χ4v) is 2.37. The van der Waals surface area contributed by atoms with Crippen LogP contribution in [0.4, 0.5) is 5.82 Å². The second-order valence-corrected chi connectivity index (χ2v) is 4.72. The Morgan fingerprint density at radius 1 is 1.10 bits per heavy atom. The number of H-pyrrole nitrogens is 1. The van der Waals surface area contributed by atoms with E-state index in [4.69, 9.17) is 4.74 Å². The van der Waals surface area contributed by atoms with Crippen molar-refractivity contribution in [2.45, 2.75) is 0 Å². The zero-order valence-corrected chi connectivity index (χ0v) is 11.7. The first-order valence-electron chi connectivity index (χ1n) is 6.35. The van der Waals surface area contributed by atoms with Crippen LogP contribution in [0.5, 0.6) is 5.75 Å². The number of anilines is 1. The average Bonchev–Trinajstić information content (AvgIpc) is 2.90. The van der Waals surface area contributed by atoms with Gasteiger partial charge in [0.2, 0.25) is 0 Å². The van der Waals surface area contributed by atoms with Gasteiger partial charge in [0.05, 0.1) is 12.5 Å². The van der Waals surface area contributed by atoms with Crippen molar-refractivity contribution >= 4 is 16.9 Å². The molecule has 1 N–H and O–H groups in total. The number of fused-ring (bicyclic) bond motifs is 1. The molecule has 0 radical (unpaired) electrons. The molecule has 0 aliphatic heterocycles. The highest BCUT2D eigenvalue weighted by atomic mass is 16.5. The summed E-state index contributed by atoms with van der Waals surface area (Å²) in [6.07, 6.45) is 3.52. The first-order valence-corrected chi connectivity index (χ1v) is 6.35. The van der Waals surface area contributed by atoms with Crippen LogP contribution in [0.3, 0.4) is 0 Å². The highest BCUT2D eigenvalue weighted by Crippen LogP contribution is 2.37. The summed E-state index contributed by atoms with van der Waals surface area (Å²) in [6.45, 7) is 0. The van der Waals surface area contributed by atoms with Gasteiger partial charge < -0.3 is 14.6 Å². The van der Waals surface area contributed by atoms with Crippen molar-refractivity contribution in [2.24, 2.45) is 0 Å². The topological polar surface area (TPSA) is 54.0 Å². The average molecular weight is 268 g/mol. The molecule has 0 bridgehead atoms. The molecule has 0 unspecified atom stereocenters. The standard InChI is InChI=1S/C15H16N4O/c1-19(2)15-13-11(8-16-14(13)17-9-18-15)10-6-4-5-7-12(10)20-3/h4-9H,1-3H3,(H,16,17,18). The minimum absolute atomic E-state index is 0.824. The molecule has 0 amide bonds. The fraction of sp³-hybridized carbons (Fsp3) is 0.200. The molecule has 0 atom stereocenters. The maximum atomic E-state index is 5.45. The maximum Gasteiger partial charge on any atom is 0.143 e. The Hall–Kier alpha value is -2.56. The third-order valence-electron chi connectivity index (χ3n) is 3.27. The molecule has 20 heavy (non-hydrogen) atoms. The van der Waals surface area contributed by atoms with Crippen molar-refractivity contribution in [3.63, 3.8) is 0 Å². The Balaban J connectivity index is 2.32. The summed E-state index contributed by atoms with van der Waals surface area (Å²) in [5.41, 5.74) is 2.89. The van der Waals surface area contributed by atoms with E-state index in [1.54, 1.807) is 13.4 Å². The number of benzene rings is 1. The van der Waals surface area contributed by atoms with E-state index in [-0.39, 0.29) is 0 Å². The Morgan fingerprint density at radius 3 is 2.65 bits per heavy atom. The number of para-hydroxylation sites is 1. The number of methoxy groups -OCH3 is 1. The molecular formula is C15H16N4O. The minimum Gasteiger partial charge on any atom is -0.496 e. The molecule has 0 fully saturated rings. The van der Waals surface area contributed by atoms with E-state index in [1.165, 1.54) is 0 Å². The number of hydrogen-bond donors (Lipinski definition) is 1.